The minimum atomic E-state index is 0.269. The predicted octanol–water partition coefficient (Wildman–Crippen LogP) is 4.42. The SMILES string of the molecule is Cc1ccc(NN=C(Cl)C2SCCS2)cc1Cl. The van der Waals surface area contributed by atoms with E-state index in [1.54, 1.807) is 0 Å². The zero-order valence-corrected chi connectivity index (χ0v) is 12.4. The number of rotatable bonds is 3. The molecule has 0 radical (unpaired) electrons. The molecule has 1 aromatic carbocycles. The Labute approximate surface area is 120 Å². The van der Waals surface area contributed by atoms with Gasteiger partial charge in [0.05, 0.1) is 5.69 Å². The minimum Gasteiger partial charge on any atom is -0.277 e. The second-order valence-electron chi connectivity index (χ2n) is 3.58. The Hall–Kier alpha value is -0.0300. The van der Waals surface area contributed by atoms with E-state index in [2.05, 4.69) is 10.5 Å². The molecule has 92 valence electrons. The van der Waals surface area contributed by atoms with Gasteiger partial charge in [0.1, 0.15) is 9.75 Å². The summed E-state index contributed by atoms with van der Waals surface area (Å²) in [6, 6.07) is 5.73. The summed E-state index contributed by atoms with van der Waals surface area (Å²) >= 11 is 15.8. The molecule has 0 atom stereocenters. The molecular formula is C11H12Cl2N2S2. The van der Waals surface area contributed by atoms with E-state index in [0.29, 0.717) is 5.17 Å². The first-order valence-electron chi connectivity index (χ1n) is 5.15. The van der Waals surface area contributed by atoms with Crippen LogP contribution >= 0.6 is 46.7 Å². The molecule has 6 heteroatoms. The lowest BCUT2D eigenvalue weighted by atomic mass is 10.2. The van der Waals surface area contributed by atoms with Gasteiger partial charge in [0.25, 0.3) is 0 Å². The van der Waals surface area contributed by atoms with Gasteiger partial charge in [-0.25, -0.2) is 0 Å². The Morgan fingerprint density at radius 3 is 2.76 bits per heavy atom. The summed E-state index contributed by atoms with van der Waals surface area (Å²) in [5.41, 5.74) is 4.84. The lowest BCUT2D eigenvalue weighted by Crippen LogP contribution is -2.06. The molecular weight excluding hydrogens is 295 g/mol. The van der Waals surface area contributed by atoms with E-state index in [9.17, 15) is 0 Å². The maximum Gasteiger partial charge on any atom is 0.149 e. The van der Waals surface area contributed by atoms with Crippen molar-refractivity contribution in [1.29, 1.82) is 0 Å². The maximum absolute atomic E-state index is 6.12. The highest BCUT2D eigenvalue weighted by Gasteiger charge is 2.20. The van der Waals surface area contributed by atoms with E-state index < -0.39 is 0 Å². The van der Waals surface area contributed by atoms with Gasteiger partial charge in [-0.15, -0.1) is 23.5 Å². The Bertz CT molecular complexity index is 431. The number of halogens is 2. The molecule has 1 aliphatic heterocycles. The number of nitrogens with one attached hydrogen (secondary N) is 1. The summed E-state index contributed by atoms with van der Waals surface area (Å²) in [4.78, 5) is 0. The summed E-state index contributed by atoms with van der Waals surface area (Å²) in [7, 11) is 0. The highest BCUT2D eigenvalue weighted by molar-refractivity contribution is 8.21. The quantitative estimate of drug-likeness (QED) is 0.661. The third-order valence-corrected chi connectivity index (χ3v) is 6.26. The molecule has 0 amide bonds. The van der Waals surface area contributed by atoms with E-state index in [-0.39, 0.29) is 4.58 Å². The number of thioether (sulfide) groups is 2. The Morgan fingerprint density at radius 2 is 2.12 bits per heavy atom. The van der Waals surface area contributed by atoms with Gasteiger partial charge in [0, 0.05) is 16.5 Å². The second-order valence-corrected chi connectivity index (χ2v) is 7.10. The zero-order chi connectivity index (χ0) is 12.3. The average Bonchev–Trinajstić information content (AvgIpc) is 2.84. The molecule has 0 aliphatic carbocycles. The lowest BCUT2D eigenvalue weighted by Gasteiger charge is -2.07. The van der Waals surface area contributed by atoms with Gasteiger partial charge >= 0.3 is 0 Å². The Kier molecular flexibility index (Phi) is 4.91. The van der Waals surface area contributed by atoms with Gasteiger partial charge in [0.2, 0.25) is 0 Å². The molecule has 1 aliphatic rings. The monoisotopic (exact) mass is 306 g/mol. The van der Waals surface area contributed by atoms with Crippen LogP contribution in [0.1, 0.15) is 5.56 Å². The molecule has 2 nitrogen and oxygen atoms in total. The normalized spacial score (nSPS) is 17.5. The molecule has 1 saturated heterocycles. The summed E-state index contributed by atoms with van der Waals surface area (Å²) in [5.74, 6) is 2.27. The summed E-state index contributed by atoms with van der Waals surface area (Å²) in [5, 5.41) is 5.51. The fourth-order valence-corrected chi connectivity index (χ4v) is 4.47. The van der Waals surface area contributed by atoms with Crippen LogP contribution in [-0.2, 0) is 0 Å². The van der Waals surface area contributed by atoms with Gasteiger partial charge in [-0.1, -0.05) is 29.3 Å². The van der Waals surface area contributed by atoms with E-state index in [1.807, 2.05) is 48.6 Å². The molecule has 1 heterocycles. The molecule has 0 bridgehead atoms. The summed E-state index contributed by atoms with van der Waals surface area (Å²) in [6.07, 6.45) is 0. The van der Waals surface area contributed by atoms with Crippen molar-refractivity contribution in [3.8, 4) is 0 Å². The maximum atomic E-state index is 6.12. The van der Waals surface area contributed by atoms with Crippen LogP contribution < -0.4 is 5.43 Å². The van der Waals surface area contributed by atoms with Crippen LogP contribution in [0, 0.1) is 6.92 Å². The van der Waals surface area contributed by atoms with Crippen molar-refractivity contribution in [2.45, 2.75) is 11.5 Å². The second kappa shape index (κ2) is 6.23. The van der Waals surface area contributed by atoms with Crippen molar-refractivity contribution >= 4 is 57.6 Å². The number of anilines is 1. The van der Waals surface area contributed by atoms with Crippen LogP contribution in [0.15, 0.2) is 23.3 Å². The molecule has 17 heavy (non-hydrogen) atoms. The van der Waals surface area contributed by atoms with Crippen LogP contribution in [0.4, 0.5) is 5.69 Å². The fourth-order valence-electron chi connectivity index (χ4n) is 1.33. The molecule has 1 aromatic rings. The molecule has 1 fully saturated rings. The van der Waals surface area contributed by atoms with Gasteiger partial charge < -0.3 is 0 Å². The van der Waals surface area contributed by atoms with Gasteiger partial charge in [-0.3, -0.25) is 5.43 Å². The first-order chi connectivity index (χ1) is 8.16. The van der Waals surface area contributed by atoms with Crippen molar-refractivity contribution in [1.82, 2.24) is 0 Å². The smallest absolute Gasteiger partial charge is 0.149 e. The molecule has 0 saturated carbocycles. The first-order valence-corrected chi connectivity index (χ1v) is 8.00. The average molecular weight is 307 g/mol. The Balaban J connectivity index is 2.00. The Morgan fingerprint density at radius 1 is 1.41 bits per heavy atom. The minimum absolute atomic E-state index is 0.269. The molecule has 2 rings (SSSR count). The van der Waals surface area contributed by atoms with Crippen molar-refractivity contribution in [3.05, 3.63) is 28.8 Å². The largest absolute Gasteiger partial charge is 0.277 e. The number of benzene rings is 1. The van der Waals surface area contributed by atoms with Gasteiger partial charge in [-0.2, -0.15) is 5.10 Å². The van der Waals surface area contributed by atoms with Crippen molar-refractivity contribution in [2.75, 3.05) is 16.9 Å². The summed E-state index contributed by atoms with van der Waals surface area (Å²) < 4.78 is 0.269. The highest BCUT2D eigenvalue weighted by Crippen LogP contribution is 2.34. The first kappa shape index (κ1) is 13.4. The molecule has 0 unspecified atom stereocenters. The van der Waals surface area contributed by atoms with Crippen LogP contribution in [0.2, 0.25) is 5.02 Å². The standard InChI is InChI=1S/C11H12Cl2N2S2/c1-7-2-3-8(6-9(7)12)14-15-10(13)11-16-4-5-17-11/h2-3,6,11,14H,4-5H2,1H3. The van der Waals surface area contributed by atoms with E-state index in [1.165, 1.54) is 0 Å². The zero-order valence-electron chi connectivity index (χ0n) is 9.24. The van der Waals surface area contributed by atoms with E-state index in [4.69, 9.17) is 23.2 Å². The van der Waals surface area contributed by atoms with E-state index >= 15 is 0 Å². The topological polar surface area (TPSA) is 24.4 Å². The molecule has 1 N–H and O–H groups in total. The number of hydrogen-bond donors (Lipinski definition) is 1. The van der Waals surface area contributed by atoms with Crippen LogP contribution in [-0.4, -0.2) is 21.3 Å². The lowest BCUT2D eigenvalue weighted by molar-refractivity contribution is 1.33. The predicted molar refractivity (Wildman–Crippen MR) is 81.8 cm³/mol. The van der Waals surface area contributed by atoms with Crippen LogP contribution in [0.25, 0.3) is 0 Å². The van der Waals surface area contributed by atoms with Crippen molar-refractivity contribution < 1.29 is 0 Å². The van der Waals surface area contributed by atoms with Gasteiger partial charge in [0.15, 0.2) is 0 Å². The third kappa shape index (κ3) is 3.71. The number of hydrazone groups is 1. The third-order valence-electron chi connectivity index (χ3n) is 2.28. The number of aryl methyl sites for hydroxylation is 1. The van der Waals surface area contributed by atoms with E-state index in [0.717, 1.165) is 27.8 Å². The highest BCUT2D eigenvalue weighted by atomic mass is 35.5. The summed E-state index contributed by atoms with van der Waals surface area (Å²) in [6.45, 7) is 1.97. The van der Waals surface area contributed by atoms with Crippen LogP contribution in [0.5, 0.6) is 0 Å². The van der Waals surface area contributed by atoms with Crippen LogP contribution in [0.3, 0.4) is 0 Å². The number of hydrogen-bond acceptors (Lipinski definition) is 4. The molecule has 0 aromatic heterocycles. The van der Waals surface area contributed by atoms with Crippen molar-refractivity contribution in [3.63, 3.8) is 0 Å². The van der Waals surface area contributed by atoms with Gasteiger partial charge in [-0.05, 0) is 24.6 Å². The fraction of sp³-hybridized carbons (Fsp3) is 0.364. The number of nitrogens with zero attached hydrogens (tertiary/aromatic N) is 1. The van der Waals surface area contributed by atoms with Crippen molar-refractivity contribution in [2.24, 2.45) is 5.10 Å². The molecule has 0 spiro atoms.